The van der Waals surface area contributed by atoms with Crippen LogP contribution in [0.4, 0.5) is 27.6 Å². The van der Waals surface area contributed by atoms with Crippen molar-refractivity contribution in [3.8, 4) is 0 Å². The first-order chi connectivity index (χ1) is 9.12. The van der Waals surface area contributed by atoms with Crippen molar-refractivity contribution in [3.63, 3.8) is 0 Å². The molecule has 0 saturated carbocycles. The number of nitrogens with zero attached hydrogens (tertiary/aromatic N) is 2. The minimum Gasteiger partial charge on any atom is -0.502 e. The van der Waals surface area contributed by atoms with Gasteiger partial charge in [0.1, 0.15) is 11.5 Å². The number of rotatable bonds is 3. The number of hydrogen-bond acceptors (Lipinski definition) is 4. The highest BCUT2D eigenvalue weighted by Gasteiger charge is 2.39. The van der Waals surface area contributed by atoms with E-state index in [9.17, 15) is 26.7 Å². The monoisotopic (exact) mass is 296 g/mol. The molecular formula is C10H5F5N2O3. The van der Waals surface area contributed by atoms with Gasteiger partial charge < -0.3 is 10.2 Å². The van der Waals surface area contributed by atoms with Gasteiger partial charge in [0.2, 0.25) is 11.5 Å². The number of azo groups is 1. The van der Waals surface area contributed by atoms with Crippen LogP contribution in [0.2, 0.25) is 0 Å². The van der Waals surface area contributed by atoms with Crippen LogP contribution >= 0.6 is 0 Å². The van der Waals surface area contributed by atoms with Crippen LogP contribution in [0.1, 0.15) is 0 Å². The first kappa shape index (κ1) is 15.5. The smallest absolute Gasteiger partial charge is 0.451 e. The van der Waals surface area contributed by atoms with Crippen molar-refractivity contribution in [1.82, 2.24) is 0 Å². The molecule has 0 spiro atoms. The molecule has 0 saturated heterocycles. The lowest BCUT2D eigenvalue weighted by atomic mass is 10.3. The van der Waals surface area contributed by atoms with Crippen molar-refractivity contribution in [2.75, 3.05) is 0 Å². The van der Waals surface area contributed by atoms with Gasteiger partial charge in [-0.1, -0.05) is 0 Å². The molecule has 2 N–H and O–H groups in total. The molecule has 108 valence electrons. The fourth-order valence-corrected chi connectivity index (χ4v) is 0.992. The second-order valence-electron chi connectivity index (χ2n) is 3.30. The van der Waals surface area contributed by atoms with E-state index in [1.54, 1.807) is 0 Å². The quantitative estimate of drug-likeness (QED) is 0.388. The summed E-state index contributed by atoms with van der Waals surface area (Å²) in [5.41, 5.74) is -2.51. The predicted octanol–water partition coefficient (Wildman–Crippen LogP) is 3.47. The van der Waals surface area contributed by atoms with E-state index in [0.29, 0.717) is 6.07 Å². The molecule has 5 nitrogen and oxygen atoms in total. The molecule has 0 bridgehead atoms. The maximum Gasteiger partial charge on any atom is 0.451 e. The van der Waals surface area contributed by atoms with Crippen molar-refractivity contribution in [2.45, 2.75) is 6.18 Å². The van der Waals surface area contributed by atoms with Crippen LogP contribution in [-0.2, 0) is 4.79 Å². The average Bonchev–Trinajstić information content (AvgIpc) is 2.30. The average molecular weight is 296 g/mol. The van der Waals surface area contributed by atoms with Gasteiger partial charge in [0.25, 0.3) is 0 Å². The lowest BCUT2D eigenvalue weighted by Crippen LogP contribution is -2.16. The van der Waals surface area contributed by atoms with Crippen molar-refractivity contribution < 1.29 is 37.0 Å². The Kier molecular flexibility index (Phi) is 4.38. The van der Waals surface area contributed by atoms with Gasteiger partial charge in [0.15, 0.2) is 5.82 Å². The van der Waals surface area contributed by atoms with Crippen LogP contribution in [0.15, 0.2) is 39.9 Å². The molecule has 0 amide bonds. The van der Waals surface area contributed by atoms with E-state index in [2.05, 4.69) is 10.2 Å². The van der Waals surface area contributed by atoms with Crippen molar-refractivity contribution in [2.24, 2.45) is 10.2 Å². The molecule has 0 radical (unpaired) electrons. The van der Waals surface area contributed by atoms with Gasteiger partial charge in [0.05, 0.1) is 0 Å². The summed E-state index contributed by atoms with van der Waals surface area (Å²) in [6.07, 6.45) is -5.35. The third-order valence-corrected chi connectivity index (χ3v) is 1.86. The first-order valence-electron chi connectivity index (χ1n) is 4.73. The number of carboxylic acid groups (broad SMARTS) is 1. The highest BCUT2D eigenvalue weighted by atomic mass is 19.4. The normalized spacial score (nSPS) is 13.4. The topological polar surface area (TPSA) is 82.2 Å². The lowest BCUT2D eigenvalue weighted by molar-refractivity contribution is -0.138. The summed E-state index contributed by atoms with van der Waals surface area (Å²) in [4.78, 5) is 10.5. The van der Waals surface area contributed by atoms with Gasteiger partial charge in [-0.25, -0.2) is 13.6 Å². The van der Waals surface area contributed by atoms with Gasteiger partial charge in [0, 0.05) is 6.07 Å². The molecule has 0 unspecified atom stereocenters. The molecule has 0 aliphatic carbocycles. The predicted molar refractivity (Wildman–Crippen MR) is 54.2 cm³/mol. The molecule has 0 aliphatic heterocycles. The summed E-state index contributed by atoms with van der Waals surface area (Å²) >= 11 is 0. The Bertz CT molecular complexity index is 595. The Morgan fingerprint density at radius 2 is 1.75 bits per heavy atom. The van der Waals surface area contributed by atoms with Crippen LogP contribution in [0.25, 0.3) is 0 Å². The Balaban J connectivity index is 3.21. The number of carbonyl (C=O) groups is 1. The zero-order valence-corrected chi connectivity index (χ0v) is 9.32. The summed E-state index contributed by atoms with van der Waals surface area (Å²) in [5, 5.41) is 22.7. The Morgan fingerprint density at radius 3 is 2.20 bits per heavy atom. The molecule has 1 rings (SSSR count). The van der Waals surface area contributed by atoms with Crippen LogP contribution in [0, 0.1) is 11.6 Å². The molecular weight excluding hydrogens is 291 g/mol. The Labute approximate surface area is 107 Å². The summed E-state index contributed by atoms with van der Waals surface area (Å²) < 4.78 is 62.0. The van der Waals surface area contributed by atoms with Gasteiger partial charge in [-0.3, -0.25) is 0 Å². The van der Waals surface area contributed by atoms with Crippen LogP contribution in [-0.4, -0.2) is 22.4 Å². The van der Waals surface area contributed by atoms with Crippen LogP contribution < -0.4 is 0 Å². The van der Waals surface area contributed by atoms with Crippen LogP contribution in [0.3, 0.4) is 0 Å². The number of aliphatic hydroxyl groups is 1. The lowest BCUT2D eigenvalue weighted by Gasteiger charge is -2.05. The minimum absolute atomic E-state index is 0.377. The Hall–Kier alpha value is -2.52. The molecule has 1 aromatic carbocycles. The van der Waals surface area contributed by atoms with Crippen molar-refractivity contribution in [3.05, 3.63) is 41.3 Å². The molecule has 0 aliphatic rings. The largest absolute Gasteiger partial charge is 0.502 e. The van der Waals surface area contributed by atoms with E-state index in [0.717, 1.165) is 12.1 Å². The molecule has 20 heavy (non-hydrogen) atoms. The number of benzene rings is 1. The highest BCUT2D eigenvalue weighted by Crippen LogP contribution is 2.28. The summed E-state index contributed by atoms with van der Waals surface area (Å²) in [5.74, 6) is -6.93. The number of alkyl halides is 3. The molecule has 10 heteroatoms. The summed E-state index contributed by atoms with van der Waals surface area (Å²) in [7, 11) is 0. The fourth-order valence-electron chi connectivity index (χ4n) is 0.992. The summed E-state index contributed by atoms with van der Waals surface area (Å²) in [6.45, 7) is 0. The number of allylic oxidation sites excluding steroid dienone is 1. The van der Waals surface area contributed by atoms with E-state index < -0.39 is 40.9 Å². The second-order valence-corrected chi connectivity index (χ2v) is 3.30. The maximum absolute atomic E-state index is 13.1. The van der Waals surface area contributed by atoms with Crippen LogP contribution in [0.5, 0.6) is 0 Å². The first-order valence-corrected chi connectivity index (χ1v) is 4.73. The Morgan fingerprint density at radius 1 is 1.15 bits per heavy atom. The van der Waals surface area contributed by atoms with E-state index in [1.807, 2.05) is 0 Å². The van der Waals surface area contributed by atoms with Gasteiger partial charge in [-0.2, -0.15) is 13.2 Å². The fraction of sp³-hybridized carbons (Fsp3) is 0.100. The van der Waals surface area contributed by atoms with Gasteiger partial charge >= 0.3 is 12.1 Å². The number of halogens is 5. The van der Waals surface area contributed by atoms with Crippen molar-refractivity contribution in [1.29, 1.82) is 0 Å². The zero-order chi connectivity index (χ0) is 15.5. The molecule has 0 fully saturated rings. The standard InChI is InChI=1S/C10H5F5N2O3/c11-4-1-2-6(5(12)3-4)16-17-7(9(19)20)8(18)10(13,14)15/h1-3,18H,(H,19,20)/b8-7+,17-16?. The third kappa shape index (κ3) is 3.73. The number of hydrogen-bond donors (Lipinski definition) is 2. The number of aliphatic carboxylic acids is 1. The molecule has 1 aromatic rings. The molecule has 0 heterocycles. The highest BCUT2D eigenvalue weighted by molar-refractivity contribution is 5.86. The van der Waals surface area contributed by atoms with Gasteiger partial charge in [-0.15, -0.1) is 10.2 Å². The van der Waals surface area contributed by atoms with E-state index in [4.69, 9.17) is 10.2 Å². The minimum atomic E-state index is -5.35. The molecule has 0 aromatic heterocycles. The number of carboxylic acids is 1. The van der Waals surface area contributed by atoms with Crippen molar-refractivity contribution >= 4 is 11.7 Å². The van der Waals surface area contributed by atoms with Gasteiger partial charge in [-0.05, 0) is 12.1 Å². The van der Waals surface area contributed by atoms with E-state index >= 15 is 0 Å². The second kappa shape index (κ2) is 5.63. The van der Waals surface area contributed by atoms with E-state index in [-0.39, 0.29) is 0 Å². The molecule has 0 atom stereocenters. The summed E-state index contributed by atoms with van der Waals surface area (Å²) in [6, 6.07) is 1.85. The zero-order valence-electron chi connectivity index (χ0n) is 9.32. The van der Waals surface area contributed by atoms with E-state index in [1.165, 1.54) is 0 Å². The number of aliphatic hydroxyl groups excluding tert-OH is 1. The third-order valence-electron chi connectivity index (χ3n) is 1.86. The SMILES string of the molecule is O=C(O)/C(N=Nc1ccc(F)cc1F)=C(\O)C(F)(F)F. The maximum atomic E-state index is 13.1.